The van der Waals surface area contributed by atoms with Gasteiger partial charge in [-0.15, -0.1) is 0 Å². The Bertz CT molecular complexity index is 784. The Balaban J connectivity index is 1.63. The summed E-state index contributed by atoms with van der Waals surface area (Å²) in [4.78, 5) is 15.1. The first-order chi connectivity index (χ1) is 13.3. The minimum absolute atomic E-state index is 0.0113. The van der Waals surface area contributed by atoms with Gasteiger partial charge < -0.3 is 19.7 Å². The molecule has 1 saturated heterocycles. The Morgan fingerprint density at radius 1 is 1.11 bits per heavy atom. The van der Waals surface area contributed by atoms with Crippen molar-refractivity contribution in [3.8, 4) is 5.75 Å². The van der Waals surface area contributed by atoms with Gasteiger partial charge in [0.1, 0.15) is 5.75 Å². The predicted octanol–water partition coefficient (Wildman–Crippen LogP) is 3.53. The first-order valence-electron chi connectivity index (χ1n) is 9.63. The average molecular weight is 366 g/mol. The van der Waals surface area contributed by atoms with Crippen molar-refractivity contribution in [3.63, 3.8) is 0 Å². The Hall–Kier alpha value is -2.53. The van der Waals surface area contributed by atoms with Crippen molar-refractivity contribution in [2.24, 2.45) is 0 Å². The predicted molar refractivity (Wildman–Crippen MR) is 104 cm³/mol. The van der Waals surface area contributed by atoms with Crippen molar-refractivity contribution in [3.05, 3.63) is 65.2 Å². The average Bonchev–Trinajstić information content (AvgIpc) is 2.73. The zero-order valence-corrected chi connectivity index (χ0v) is 15.7. The highest BCUT2D eigenvalue weighted by Crippen LogP contribution is 2.35. The van der Waals surface area contributed by atoms with E-state index in [0.717, 1.165) is 43.8 Å². The van der Waals surface area contributed by atoms with Crippen molar-refractivity contribution in [1.82, 2.24) is 10.2 Å². The maximum absolute atomic E-state index is 13.1. The number of amides is 2. The second-order valence-electron chi connectivity index (χ2n) is 7.15. The van der Waals surface area contributed by atoms with E-state index in [1.165, 1.54) is 11.1 Å². The monoisotopic (exact) mass is 366 g/mol. The second-order valence-corrected chi connectivity index (χ2v) is 7.15. The Kier molecular flexibility index (Phi) is 5.30. The molecule has 4 rings (SSSR count). The van der Waals surface area contributed by atoms with Crippen LogP contribution in [0.15, 0.2) is 48.5 Å². The maximum Gasteiger partial charge on any atom is 0.318 e. The zero-order valence-electron chi connectivity index (χ0n) is 15.7. The molecular formula is C22H26N2O3. The fourth-order valence-corrected chi connectivity index (χ4v) is 4.03. The van der Waals surface area contributed by atoms with Crippen LogP contribution in [0, 0.1) is 0 Å². The van der Waals surface area contributed by atoms with E-state index in [9.17, 15) is 4.79 Å². The smallest absolute Gasteiger partial charge is 0.318 e. The summed E-state index contributed by atoms with van der Waals surface area (Å²) in [6, 6.07) is 16.6. The molecule has 1 N–H and O–H groups in total. The Labute approximate surface area is 160 Å². The van der Waals surface area contributed by atoms with E-state index < -0.39 is 0 Å². The maximum atomic E-state index is 13.1. The number of nitrogens with zero attached hydrogens (tertiary/aromatic N) is 1. The van der Waals surface area contributed by atoms with Crippen molar-refractivity contribution in [2.45, 2.75) is 31.3 Å². The van der Waals surface area contributed by atoms with Gasteiger partial charge in [-0.25, -0.2) is 4.79 Å². The van der Waals surface area contributed by atoms with Crippen molar-refractivity contribution in [2.75, 3.05) is 26.9 Å². The van der Waals surface area contributed by atoms with Crippen LogP contribution >= 0.6 is 0 Å². The van der Waals surface area contributed by atoms with Crippen LogP contribution in [0.4, 0.5) is 4.79 Å². The second kappa shape index (κ2) is 8.01. The summed E-state index contributed by atoms with van der Waals surface area (Å²) in [5.74, 6) is 0.820. The number of nitrogens with one attached hydrogen (secondary N) is 1. The molecule has 2 aromatic rings. The lowest BCUT2D eigenvalue weighted by Crippen LogP contribution is -2.50. The minimum Gasteiger partial charge on any atom is -0.497 e. The van der Waals surface area contributed by atoms with Crippen LogP contribution in [0.1, 0.15) is 35.6 Å². The lowest BCUT2D eigenvalue weighted by Gasteiger charge is -2.39. The standard InChI is InChI=1S/C22H26N2O3/c1-26-19-8-6-17(7-9-19)21-20-5-3-2-4-16(20)10-13-24(21)22(25)23-18-11-14-27-15-12-18/h2-9,18,21H,10-15H2,1H3,(H,23,25). The molecule has 2 aliphatic rings. The third-order valence-corrected chi connectivity index (χ3v) is 5.52. The van der Waals surface area contributed by atoms with Gasteiger partial charge in [-0.3, -0.25) is 0 Å². The van der Waals surface area contributed by atoms with Crippen LogP contribution in [-0.2, 0) is 11.2 Å². The molecule has 1 atom stereocenters. The number of carbonyl (C=O) groups excluding carboxylic acids is 1. The van der Waals surface area contributed by atoms with E-state index >= 15 is 0 Å². The molecule has 2 heterocycles. The van der Waals surface area contributed by atoms with Gasteiger partial charge in [-0.05, 0) is 48.1 Å². The molecule has 1 unspecified atom stereocenters. The summed E-state index contributed by atoms with van der Waals surface area (Å²) in [7, 11) is 1.67. The van der Waals surface area contributed by atoms with Gasteiger partial charge in [0.25, 0.3) is 0 Å². The molecule has 2 aromatic carbocycles. The van der Waals surface area contributed by atoms with Gasteiger partial charge in [-0.1, -0.05) is 36.4 Å². The number of hydrogen-bond donors (Lipinski definition) is 1. The number of carbonyl (C=O) groups is 1. The van der Waals surface area contributed by atoms with Crippen molar-refractivity contribution in [1.29, 1.82) is 0 Å². The first-order valence-corrected chi connectivity index (χ1v) is 9.63. The van der Waals surface area contributed by atoms with Gasteiger partial charge >= 0.3 is 6.03 Å². The molecule has 2 amide bonds. The molecule has 27 heavy (non-hydrogen) atoms. The number of hydrogen-bond acceptors (Lipinski definition) is 3. The molecule has 0 aliphatic carbocycles. The van der Waals surface area contributed by atoms with Crippen LogP contribution in [0.25, 0.3) is 0 Å². The van der Waals surface area contributed by atoms with E-state index in [1.807, 2.05) is 17.0 Å². The van der Waals surface area contributed by atoms with E-state index in [4.69, 9.17) is 9.47 Å². The van der Waals surface area contributed by atoms with Crippen molar-refractivity contribution >= 4 is 6.03 Å². The first kappa shape index (κ1) is 17.9. The van der Waals surface area contributed by atoms with E-state index in [1.54, 1.807) is 7.11 Å². The van der Waals surface area contributed by atoms with Crippen LogP contribution < -0.4 is 10.1 Å². The summed E-state index contributed by atoms with van der Waals surface area (Å²) >= 11 is 0. The molecule has 1 fully saturated rings. The molecular weight excluding hydrogens is 340 g/mol. The fourth-order valence-electron chi connectivity index (χ4n) is 4.03. The molecule has 142 valence electrons. The molecule has 2 aliphatic heterocycles. The molecule has 0 saturated carbocycles. The number of methoxy groups -OCH3 is 1. The third kappa shape index (κ3) is 3.78. The van der Waals surface area contributed by atoms with Crippen LogP contribution in [0.2, 0.25) is 0 Å². The van der Waals surface area contributed by atoms with Gasteiger partial charge in [-0.2, -0.15) is 0 Å². The SMILES string of the molecule is COc1ccc(C2c3ccccc3CCN2C(=O)NC2CCOCC2)cc1. The van der Waals surface area contributed by atoms with E-state index in [0.29, 0.717) is 6.54 Å². The van der Waals surface area contributed by atoms with Gasteiger partial charge in [0.2, 0.25) is 0 Å². The molecule has 0 aromatic heterocycles. The highest BCUT2D eigenvalue weighted by molar-refractivity contribution is 5.76. The lowest BCUT2D eigenvalue weighted by atomic mass is 9.88. The molecule has 0 radical (unpaired) electrons. The topological polar surface area (TPSA) is 50.8 Å². The van der Waals surface area contributed by atoms with Gasteiger partial charge in [0.05, 0.1) is 13.2 Å². The number of urea groups is 1. The number of fused-ring (bicyclic) bond motifs is 1. The van der Waals surface area contributed by atoms with Crippen LogP contribution in [0.3, 0.4) is 0 Å². The van der Waals surface area contributed by atoms with Crippen molar-refractivity contribution < 1.29 is 14.3 Å². The molecule has 0 bridgehead atoms. The number of ether oxygens (including phenoxy) is 2. The molecule has 5 nitrogen and oxygen atoms in total. The lowest BCUT2D eigenvalue weighted by molar-refractivity contribution is 0.0772. The summed E-state index contributed by atoms with van der Waals surface area (Å²) < 4.78 is 10.7. The fraction of sp³-hybridized carbons (Fsp3) is 0.409. The summed E-state index contributed by atoms with van der Waals surface area (Å²) in [5.41, 5.74) is 3.62. The largest absolute Gasteiger partial charge is 0.497 e. The number of benzene rings is 2. The Morgan fingerprint density at radius 2 is 1.85 bits per heavy atom. The highest BCUT2D eigenvalue weighted by atomic mass is 16.5. The minimum atomic E-state index is -0.0827. The highest BCUT2D eigenvalue weighted by Gasteiger charge is 2.33. The zero-order chi connectivity index (χ0) is 18.6. The van der Waals surface area contributed by atoms with E-state index in [-0.39, 0.29) is 18.1 Å². The van der Waals surface area contributed by atoms with Gasteiger partial charge in [0.15, 0.2) is 0 Å². The van der Waals surface area contributed by atoms with Crippen LogP contribution in [0.5, 0.6) is 5.75 Å². The summed E-state index contributed by atoms with van der Waals surface area (Å²) in [6.07, 6.45) is 2.64. The summed E-state index contributed by atoms with van der Waals surface area (Å²) in [5, 5.41) is 3.22. The summed E-state index contributed by atoms with van der Waals surface area (Å²) in [6.45, 7) is 2.15. The number of rotatable bonds is 3. The van der Waals surface area contributed by atoms with Gasteiger partial charge in [0, 0.05) is 25.8 Å². The quantitative estimate of drug-likeness (QED) is 0.904. The van der Waals surface area contributed by atoms with E-state index in [2.05, 4.69) is 41.7 Å². The Morgan fingerprint density at radius 3 is 2.59 bits per heavy atom. The molecule has 5 heteroatoms. The third-order valence-electron chi connectivity index (χ3n) is 5.52. The molecule has 0 spiro atoms. The normalized spacial score (nSPS) is 20.0. The van der Waals surface area contributed by atoms with Crippen LogP contribution in [-0.4, -0.2) is 43.8 Å².